The number of amides is 3. The van der Waals surface area contributed by atoms with Crippen LogP contribution in [0.5, 0.6) is 0 Å². The zero-order valence-electron chi connectivity index (χ0n) is 19.8. The van der Waals surface area contributed by atoms with Crippen molar-refractivity contribution in [2.24, 2.45) is 0 Å². The Morgan fingerprint density at radius 3 is 2.21 bits per heavy atom. The van der Waals surface area contributed by atoms with Gasteiger partial charge in [-0.2, -0.15) is 26.3 Å². The highest BCUT2D eigenvalue weighted by molar-refractivity contribution is 8.00. The number of nitrogens with zero attached hydrogens (tertiary/aromatic N) is 4. The fourth-order valence-corrected chi connectivity index (χ4v) is 4.27. The molecule has 0 bridgehead atoms. The number of aromatic nitrogens is 2. The summed E-state index contributed by atoms with van der Waals surface area (Å²) in [6.45, 7) is 2.96. The van der Waals surface area contributed by atoms with Crippen LogP contribution in [-0.4, -0.2) is 37.9 Å². The molecule has 1 saturated heterocycles. The number of carbonyl (C=O) groups is 2. The Morgan fingerprint density at radius 2 is 1.63 bits per heavy atom. The number of pyridine rings is 2. The molecule has 38 heavy (non-hydrogen) atoms. The first-order chi connectivity index (χ1) is 17.7. The Balaban J connectivity index is 1.56. The third-order valence-electron chi connectivity index (χ3n) is 5.71. The molecule has 0 saturated carbocycles. The minimum Gasteiger partial charge on any atom is -0.325 e. The van der Waals surface area contributed by atoms with Gasteiger partial charge >= 0.3 is 17.7 Å². The SMILES string of the molecule is CC1(C)C(=O)N(c2ccc(SC(F)(F)F)cc2)C(=O)N1Cc1cccnc1Nc1ccc(C(F)(F)F)cn1. The first-order valence-electron chi connectivity index (χ1n) is 10.9. The molecule has 3 aromatic rings. The van der Waals surface area contributed by atoms with Crippen LogP contribution in [0, 0.1) is 0 Å². The molecule has 0 spiro atoms. The van der Waals surface area contributed by atoms with Gasteiger partial charge in [0.25, 0.3) is 5.91 Å². The van der Waals surface area contributed by atoms with Crippen molar-refractivity contribution in [3.63, 3.8) is 0 Å². The molecule has 0 atom stereocenters. The van der Waals surface area contributed by atoms with Crippen LogP contribution in [0.15, 0.2) is 65.8 Å². The van der Waals surface area contributed by atoms with E-state index in [1.165, 1.54) is 49.2 Å². The van der Waals surface area contributed by atoms with Crippen molar-refractivity contribution >= 4 is 41.0 Å². The standard InChI is InChI=1S/C24H19F6N5O2S/c1-22(2)20(36)35(16-6-8-17(9-7-16)38-24(28,29)30)21(37)34(22)13-14-4-3-11-31-19(14)33-18-10-5-15(12-32-18)23(25,26)27/h3-12H,13H2,1-2H3,(H,31,32,33). The number of alkyl halides is 6. The molecule has 1 fully saturated rings. The van der Waals surface area contributed by atoms with Crippen molar-refractivity contribution in [3.05, 3.63) is 72.1 Å². The van der Waals surface area contributed by atoms with Crippen molar-refractivity contribution in [1.29, 1.82) is 0 Å². The van der Waals surface area contributed by atoms with Crippen molar-refractivity contribution < 1.29 is 35.9 Å². The van der Waals surface area contributed by atoms with Gasteiger partial charge in [-0.3, -0.25) is 4.79 Å². The Labute approximate surface area is 216 Å². The maximum atomic E-state index is 13.3. The van der Waals surface area contributed by atoms with Crippen LogP contribution in [0.25, 0.3) is 0 Å². The lowest BCUT2D eigenvalue weighted by Gasteiger charge is -2.28. The Morgan fingerprint density at radius 1 is 0.947 bits per heavy atom. The summed E-state index contributed by atoms with van der Waals surface area (Å²) in [6.07, 6.45) is -2.43. The summed E-state index contributed by atoms with van der Waals surface area (Å²) in [4.78, 5) is 36.5. The topological polar surface area (TPSA) is 78.4 Å². The second-order valence-corrected chi connectivity index (χ2v) is 9.81. The van der Waals surface area contributed by atoms with Gasteiger partial charge in [-0.25, -0.2) is 19.7 Å². The third-order valence-corrected chi connectivity index (χ3v) is 6.45. The summed E-state index contributed by atoms with van der Waals surface area (Å²) in [5.41, 5.74) is -6.17. The lowest BCUT2D eigenvalue weighted by molar-refractivity contribution is -0.137. The van der Waals surface area contributed by atoms with Gasteiger partial charge < -0.3 is 10.2 Å². The van der Waals surface area contributed by atoms with E-state index in [2.05, 4.69) is 15.3 Å². The van der Waals surface area contributed by atoms with Crippen LogP contribution in [0.1, 0.15) is 25.0 Å². The second-order valence-electron chi connectivity index (χ2n) is 8.68. The van der Waals surface area contributed by atoms with E-state index >= 15 is 0 Å². The van der Waals surface area contributed by atoms with E-state index in [9.17, 15) is 35.9 Å². The molecule has 0 aliphatic carbocycles. The maximum Gasteiger partial charge on any atom is 0.446 e. The largest absolute Gasteiger partial charge is 0.446 e. The molecule has 3 heterocycles. The van der Waals surface area contributed by atoms with E-state index < -0.39 is 34.7 Å². The van der Waals surface area contributed by atoms with E-state index in [1.807, 2.05) is 0 Å². The molecule has 0 radical (unpaired) electrons. The van der Waals surface area contributed by atoms with Gasteiger partial charge in [0.1, 0.15) is 17.2 Å². The Bertz CT molecular complexity index is 1340. The number of nitrogens with one attached hydrogen (secondary N) is 1. The number of hydrogen-bond acceptors (Lipinski definition) is 6. The van der Waals surface area contributed by atoms with Gasteiger partial charge in [0, 0.05) is 22.9 Å². The summed E-state index contributed by atoms with van der Waals surface area (Å²) in [7, 11) is 0. The van der Waals surface area contributed by atoms with Crippen LogP contribution >= 0.6 is 11.8 Å². The first kappa shape index (κ1) is 27.2. The van der Waals surface area contributed by atoms with Gasteiger partial charge in [0.05, 0.1) is 17.8 Å². The van der Waals surface area contributed by atoms with Crippen LogP contribution in [-0.2, 0) is 17.5 Å². The fourth-order valence-electron chi connectivity index (χ4n) is 3.73. The zero-order chi connectivity index (χ0) is 27.9. The van der Waals surface area contributed by atoms with Crippen molar-refractivity contribution in [3.8, 4) is 0 Å². The molecule has 14 heteroatoms. The van der Waals surface area contributed by atoms with Crippen LogP contribution in [0.3, 0.4) is 0 Å². The molecule has 1 N–H and O–H groups in total. The molecule has 1 aliphatic rings. The quantitative estimate of drug-likeness (QED) is 0.210. The number of halogens is 6. The van der Waals surface area contributed by atoms with Gasteiger partial charge in [0.2, 0.25) is 0 Å². The highest BCUT2D eigenvalue weighted by atomic mass is 32.2. The summed E-state index contributed by atoms with van der Waals surface area (Å²) in [5, 5.41) is 2.83. The summed E-state index contributed by atoms with van der Waals surface area (Å²) in [6, 6.07) is 9.38. The predicted octanol–water partition coefficient (Wildman–Crippen LogP) is 6.60. The first-order valence-corrected chi connectivity index (χ1v) is 11.7. The molecule has 0 unspecified atom stereocenters. The molecular weight excluding hydrogens is 536 g/mol. The normalized spacial score (nSPS) is 15.8. The number of anilines is 3. The third kappa shape index (κ3) is 5.69. The fraction of sp³-hybridized carbons (Fsp3) is 0.250. The van der Waals surface area contributed by atoms with E-state index in [0.29, 0.717) is 11.8 Å². The van der Waals surface area contributed by atoms with Crippen molar-refractivity contribution in [1.82, 2.24) is 14.9 Å². The Hall–Kier alpha value is -3.81. The van der Waals surface area contributed by atoms with Gasteiger partial charge in [-0.15, -0.1) is 0 Å². The van der Waals surface area contributed by atoms with Crippen molar-refractivity contribution in [2.45, 2.75) is 42.5 Å². The lowest BCUT2D eigenvalue weighted by atomic mass is 10.0. The average molecular weight is 556 g/mol. The van der Waals surface area contributed by atoms with Gasteiger partial charge in [-0.05, 0) is 68.1 Å². The lowest BCUT2D eigenvalue weighted by Crippen LogP contribution is -2.43. The molecule has 7 nitrogen and oxygen atoms in total. The minimum absolute atomic E-state index is 0.0828. The zero-order valence-corrected chi connectivity index (χ0v) is 20.6. The Kier molecular flexibility index (Phi) is 7.03. The molecule has 2 aromatic heterocycles. The highest BCUT2D eigenvalue weighted by Crippen LogP contribution is 2.39. The average Bonchev–Trinajstić information content (AvgIpc) is 2.99. The van der Waals surface area contributed by atoms with E-state index in [-0.39, 0.29) is 40.5 Å². The molecule has 4 rings (SSSR count). The molecule has 200 valence electrons. The van der Waals surface area contributed by atoms with Gasteiger partial charge in [0.15, 0.2) is 0 Å². The molecule has 1 aliphatic heterocycles. The molecule has 3 amide bonds. The number of imide groups is 1. The predicted molar refractivity (Wildman–Crippen MR) is 128 cm³/mol. The molecule has 1 aromatic carbocycles. The van der Waals surface area contributed by atoms with E-state index in [1.54, 1.807) is 12.1 Å². The van der Waals surface area contributed by atoms with E-state index in [0.717, 1.165) is 17.0 Å². The number of thioether (sulfide) groups is 1. The molecular formula is C24H19F6N5O2S. The number of urea groups is 1. The van der Waals surface area contributed by atoms with Gasteiger partial charge in [-0.1, -0.05) is 6.07 Å². The van der Waals surface area contributed by atoms with Crippen LogP contribution in [0.4, 0.5) is 48.5 Å². The second kappa shape index (κ2) is 9.82. The smallest absolute Gasteiger partial charge is 0.325 e. The maximum absolute atomic E-state index is 13.3. The highest BCUT2D eigenvalue weighted by Gasteiger charge is 2.52. The van der Waals surface area contributed by atoms with Crippen LogP contribution < -0.4 is 10.2 Å². The van der Waals surface area contributed by atoms with Crippen LogP contribution in [0.2, 0.25) is 0 Å². The minimum atomic E-state index is -4.54. The number of benzene rings is 1. The summed E-state index contributed by atoms with van der Waals surface area (Å²) < 4.78 is 76.4. The number of hydrogen-bond donors (Lipinski definition) is 1. The van der Waals surface area contributed by atoms with E-state index in [4.69, 9.17) is 0 Å². The summed E-state index contributed by atoms with van der Waals surface area (Å²) in [5.74, 6) is -0.288. The number of carbonyl (C=O) groups excluding carboxylic acids is 2. The monoisotopic (exact) mass is 555 g/mol. The van der Waals surface area contributed by atoms with Crippen molar-refractivity contribution in [2.75, 3.05) is 10.2 Å². The number of rotatable bonds is 6. The summed E-state index contributed by atoms with van der Waals surface area (Å²) >= 11 is -0.314.